The minimum atomic E-state index is -3.80. The average molecular weight is 484 g/mol. The van der Waals surface area contributed by atoms with Gasteiger partial charge in [-0.25, -0.2) is 27.0 Å². The number of hydrogen-bond donors (Lipinski definition) is 0. The summed E-state index contributed by atoms with van der Waals surface area (Å²) in [6.07, 6.45) is 3.69. The van der Waals surface area contributed by atoms with Gasteiger partial charge in [0.1, 0.15) is 23.8 Å². The number of anilines is 1. The van der Waals surface area contributed by atoms with Crippen LogP contribution in [0.15, 0.2) is 81.7 Å². The average Bonchev–Trinajstić information content (AvgIpc) is 3.15. The summed E-state index contributed by atoms with van der Waals surface area (Å²) in [7, 11) is -3.80. The Morgan fingerprint density at radius 2 is 1.65 bits per heavy atom. The quantitative estimate of drug-likeness (QED) is 0.419. The van der Waals surface area contributed by atoms with E-state index in [0.29, 0.717) is 11.5 Å². The summed E-state index contributed by atoms with van der Waals surface area (Å²) >= 11 is 0. The number of aromatic nitrogens is 4. The van der Waals surface area contributed by atoms with Gasteiger partial charge in [0.25, 0.3) is 0 Å². The molecule has 1 aliphatic rings. The van der Waals surface area contributed by atoms with Gasteiger partial charge in [-0.1, -0.05) is 6.07 Å². The van der Waals surface area contributed by atoms with Crippen LogP contribution >= 0.6 is 0 Å². The van der Waals surface area contributed by atoms with Crippen LogP contribution in [0.3, 0.4) is 0 Å². The zero-order valence-electron chi connectivity index (χ0n) is 17.8. The van der Waals surface area contributed by atoms with E-state index in [0.717, 1.165) is 40.9 Å². The van der Waals surface area contributed by atoms with Crippen molar-refractivity contribution < 1.29 is 17.2 Å². The number of pyridine rings is 1. The van der Waals surface area contributed by atoms with Gasteiger partial charge in [0.2, 0.25) is 9.84 Å². The third kappa shape index (κ3) is 3.87. The van der Waals surface area contributed by atoms with E-state index in [-0.39, 0.29) is 21.9 Å². The summed E-state index contributed by atoms with van der Waals surface area (Å²) < 4.78 is 56.2. The molecule has 1 aliphatic heterocycles. The second-order valence-electron chi connectivity index (χ2n) is 7.84. The number of nitrogens with zero attached hydrogens (tertiary/aromatic N) is 5. The second kappa shape index (κ2) is 8.49. The van der Waals surface area contributed by atoms with Gasteiger partial charge in [0, 0.05) is 24.8 Å². The first-order valence-corrected chi connectivity index (χ1v) is 12.0. The van der Waals surface area contributed by atoms with E-state index in [1.54, 1.807) is 6.07 Å². The smallest absolute Gasteiger partial charge is 0.350 e. The number of hydrogen-bond acceptors (Lipinski definition) is 6. The predicted molar refractivity (Wildman–Crippen MR) is 120 cm³/mol. The highest BCUT2D eigenvalue weighted by molar-refractivity contribution is 7.91. The van der Waals surface area contributed by atoms with Crippen molar-refractivity contribution in [3.8, 4) is 5.69 Å². The van der Waals surface area contributed by atoms with Crippen molar-refractivity contribution in [3.63, 3.8) is 0 Å². The lowest BCUT2D eigenvalue weighted by Gasteiger charge is -2.32. The monoisotopic (exact) mass is 483 g/mol. The van der Waals surface area contributed by atoms with Gasteiger partial charge in [-0.05, 0) is 55.0 Å². The Bertz CT molecular complexity index is 1510. The lowest BCUT2D eigenvalue weighted by Crippen LogP contribution is -2.37. The fraction of sp³-hybridized carbons (Fsp3) is 0.174. The van der Waals surface area contributed by atoms with Gasteiger partial charge in [0.05, 0.1) is 22.0 Å². The molecule has 4 aromatic rings. The molecule has 0 amide bonds. The first kappa shape index (κ1) is 22.0. The van der Waals surface area contributed by atoms with Crippen LogP contribution in [0, 0.1) is 11.6 Å². The van der Waals surface area contributed by atoms with E-state index in [2.05, 4.69) is 10.1 Å². The molecule has 2 aromatic carbocycles. The first-order valence-electron chi connectivity index (χ1n) is 10.5. The van der Waals surface area contributed by atoms with Crippen molar-refractivity contribution in [3.05, 3.63) is 94.8 Å². The summed E-state index contributed by atoms with van der Waals surface area (Å²) in [5, 5.41) is 4.00. The number of sulfone groups is 1. The molecule has 0 atom stereocenters. The van der Waals surface area contributed by atoms with Gasteiger partial charge in [-0.2, -0.15) is 9.78 Å². The van der Waals surface area contributed by atoms with Gasteiger partial charge in [-0.3, -0.25) is 4.57 Å². The van der Waals surface area contributed by atoms with E-state index in [9.17, 15) is 22.0 Å². The van der Waals surface area contributed by atoms with E-state index in [1.807, 2.05) is 4.90 Å². The lowest BCUT2D eigenvalue weighted by atomic mass is 10.2. The van der Waals surface area contributed by atoms with Crippen molar-refractivity contribution in [2.75, 3.05) is 18.0 Å². The maximum atomic E-state index is 13.9. The molecule has 2 aromatic heterocycles. The molecule has 0 saturated carbocycles. The van der Waals surface area contributed by atoms with Crippen molar-refractivity contribution in [2.24, 2.45) is 0 Å². The molecule has 0 bridgehead atoms. The molecule has 0 N–H and O–H groups in total. The zero-order valence-corrected chi connectivity index (χ0v) is 18.6. The van der Waals surface area contributed by atoms with Crippen molar-refractivity contribution >= 4 is 15.7 Å². The van der Waals surface area contributed by atoms with Crippen LogP contribution < -0.4 is 10.6 Å². The van der Waals surface area contributed by atoms with Gasteiger partial charge in [0.15, 0.2) is 0 Å². The lowest BCUT2D eigenvalue weighted by molar-refractivity contribution is 0.541. The predicted octanol–water partition coefficient (Wildman–Crippen LogP) is 2.80. The number of halogens is 2. The van der Waals surface area contributed by atoms with Crippen molar-refractivity contribution in [1.29, 1.82) is 0 Å². The Morgan fingerprint density at radius 3 is 2.29 bits per heavy atom. The zero-order chi connectivity index (χ0) is 23.9. The molecule has 34 heavy (non-hydrogen) atoms. The van der Waals surface area contributed by atoms with Crippen LogP contribution in [0.1, 0.15) is 12.0 Å². The molecule has 174 valence electrons. The molecule has 0 radical (unpaired) electrons. The van der Waals surface area contributed by atoms with Crippen LogP contribution in [0.5, 0.6) is 0 Å². The summed E-state index contributed by atoms with van der Waals surface area (Å²) in [6, 6.07) is 12.1. The number of benzene rings is 2. The summed E-state index contributed by atoms with van der Waals surface area (Å²) in [4.78, 5) is 19.1. The molecule has 0 aliphatic carbocycles. The van der Waals surface area contributed by atoms with Gasteiger partial charge < -0.3 is 4.90 Å². The first-order chi connectivity index (χ1) is 16.3. The fourth-order valence-electron chi connectivity index (χ4n) is 3.66. The maximum Gasteiger partial charge on any atom is 0.350 e. The summed E-state index contributed by atoms with van der Waals surface area (Å²) in [6.45, 7) is 1.36. The SMILES string of the molecule is O=c1n(Cc2c(F)cccc2F)cnn1-c1ccc(S(=O)(=O)c2ccnc(N3CCC3)c2)cc1. The highest BCUT2D eigenvalue weighted by Gasteiger charge is 2.22. The molecular formula is C23H19F2N5O3S. The standard InChI is InChI=1S/C23H19F2N5O3S/c24-20-3-1-4-21(25)19(20)14-29-15-27-30(23(29)31)16-5-7-17(8-6-16)34(32,33)18-9-10-26-22(13-18)28-11-2-12-28/h1,3-10,13,15H,2,11-12,14H2. The van der Waals surface area contributed by atoms with E-state index in [1.165, 1.54) is 48.9 Å². The molecule has 8 nitrogen and oxygen atoms in total. The molecular weight excluding hydrogens is 464 g/mol. The largest absolute Gasteiger partial charge is 0.356 e. The molecule has 1 fully saturated rings. The van der Waals surface area contributed by atoms with Gasteiger partial charge in [-0.15, -0.1) is 0 Å². The van der Waals surface area contributed by atoms with Crippen LogP contribution in [-0.2, 0) is 16.4 Å². The van der Waals surface area contributed by atoms with Crippen LogP contribution in [0.2, 0.25) is 0 Å². The van der Waals surface area contributed by atoms with E-state index >= 15 is 0 Å². The molecule has 0 spiro atoms. The Labute approximate surface area is 193 Å². The molecule has 11 heteroatoms. The van der Waals surface area contributed by atoms with E-state index in [4.69, 9.17) is 0 Å². The Morgan fingerprint density at radius 1 is 0.941 bits per heavy atom. The summed E-state index contributed by atoms with van der Waals surface area (Å²) in [5.41, 5.74) is -0.556. The Kier molecular flexibility index (Phi) is 5.48. The minimum absolute atomic E-state index is 0.0536. The highest BCUT2D eigenvalue weighted by atomic mass is 32.2. The number of rotatable bonds is 6. The second-order valence-corrected chi connectivity index (χ2v) is 9.79. The fourth-order valence-corrected chi connectivity index (χ4v) is 4.93. The minimum Gasteiger partial charge on any atom is -0.356 e. The normalized spacial score (nSPS) is 13.6. The molecule has 1 saturated heterocycles. The molecule has 5 rings (SSSR count). The molecule has 0 unspecified atom stereocenters. The van der Waals surface area contributed by atoms with Crippen LogP contribution in [-0.4, -0.2) is 40.8 Å². The third-order valence-corrected chi connectivity index (χ3v) is 7.49. The Hall–Kier alpha value is -3.86. The topological polar surface area (TPSA) is 90.1 Å². The summed E-state index contributed by atoms with van der Waals surface area (Å²) in [5.74, 6) is -0.905. The molecule has 3 heterocycles. The maximum absolute atomic E-state index is 13.9. The Balaban J connectivity index is 1.41. The van der Waals surface area contributed by atoms with Crippen LogP contribution in [0.4, 0.5) is 14.6 Å². The van der Waals surface area contributed by atoms with Crippen molar-refractivity contribution in [1.82, 2.24) is 19.3 Å². The van der Waals surface area contributed by atoms with Gasteiger partial charge >= 0.3 is 5.69 Å². The van der Waals surface area contributed by atoms with E-state index < -0.39 is 27.2 Å². The highest BCUT2D eigenvalue weighted by Crippen LogP contribution is 2.26. The third-order valence-electron chi connectivity index (χ3n) is 5.72. The van der Waals surface area contributed by atoms with Crippen LogP contribution in [0.25, 0.3) is 5.69 Å². The van der Waals surface area contributed by atoms with Crippen molar-refractivity contribution in [2.45, 2.75) is 22.8 Å².